The van der Waals surface area contributed by atoms with E-state index < -0.39 is 0 Å². The molecule has 0 spiro atoms. The molecule has 1 aliphatic rings. The third-order valence-electron chi connectivity index (χ3n) is 4.16. The van der Waals surface area contributed by atoms with Crippen LogP contribution in [-0.2, 0) is 4.79 Å². The van der Waals surface area contributed by atoms with Gasteiger partial charge in [-0.1, -0.05) is 43.2 Å². The summed E-state index contributed by atoms with van der Waals surface area (Å²) >= 11 is 0. The van der Waals surface area contributed by atoms with Gasteiger partial charge in [-0.2, -0.15) is 0 Å². The Morgan fingerprint density at radius 1 is 1.33 bits per heavy atom. The first-order chi connectivity index (χ1) is 9.63. The summed E-state index contributed by atoms with van der Waals surface area (Å²) in [6, 6.07) is 8.41. The first kappa shape index (κ1) is 18.0. The van der Waals surface area contributed by atoms with Gasteiger partial charge in [0.2, 0.25) is 5.91 Å². The van der Waals surface area contributed by atoms with Crippen molar-refractivity contribution in [1.29, 1.82) is 0 Å². The Morgan fingerprint density at radius 3 is 2.62 bits per heavy atom. The summed E-state index contributed by atoms with van der Waals surface area (Å²) < 4.78 is 0. The lowest BCUT2D eigenvalue weighted by Crippen LogP contribution is -2.47. The number of carbonyl (C=O) groups excluding carboxylic acids is 1. The number of aryl methyl sites for hydroxylation is 1. The van der Waals surface area contributed by atoms with Crippen LogP contribution in [0.3, 0.4) is 0 Å². The van der Waals surface area contributed by atoms with Gasteiger partial charge in [-0.15, -0.1) is 12.4 Å². The zero-order valence-electron chi connectivity index (χ0n) is 13.0. The fourth-order valence-electron chi connectivity index (χ4n) is 2.98. The highest BCUT2D eigenvalue weighted by atomic mass is 35.5. The van der Waals surface area contributed by atoms with Gasteiger partial charge in [-0.05, 0) is 38.2 Å². The molecule has 2 unspecified atom stereocenters. The maximum atomic E-state index is 12.5. The van der Waals surface area contributed by atoms with Crippen LogP contribution in [0.25, 0.3) is 0 Å². The summed E-state index contributed by atoms with van der Waals surface area (Å²) in [6.07, 6.45) is 5.05. The molecule has 1 saturated heterocycles. The third-order valence-corrected chi connectivity index (χ3v) is 4.16. The third kappa shape index (κ3) is 4.45. The quantitative estimate of drug-likeness (QED) is 0.923. The summed E-state index contributed by atoms with van der Waals surface area (Å²) in [7, 11) is 0. The lowest BCUT2D eigenvalue weighted by Gasteiger charge is -2.37. The summed E-state index contributed by atoms with van der Waals surface area (Å²) in [6.45, 7) is 5.00. The molecule has 1 aromatic rings. The smallest absolute Gasteiger partial charge is 0.239 e. The number of halogens is 1. The summed E-state index contributed by atoms with van der Waals surface area (Å²) in [5.74, 6) is 0.122. The fraction of sp³-hybridized carbons (Fsp3) is 0.588. The molecule has 0 saturated carbocycles. The van der Waals surface area contributed by atoms with Gasteiger partial charge < -0.3 is 10.6 Å². The van der Waals surface area contributed by atoms with Gasteiger partial charge in [-0.3, -0.25) is 4.79 Å². The van der Waals surface area contributed by atoms with Crippen LogP contribution in [0.15, 0.2) is 24.3 Å². The monoisotopic (exact) mass is 310 g/mol. The van der Waals surface area contributed by atoms with Gasteiger partial charge in [0.25, 0.3) is 0 Å². The van der Waals surface area contributed by atoms with Gasteiger partial charge in [-0.25, -0.2) is 0 Å². The van der Waals surface area contributed by atoms with Crippen LogP contribution in [0.1, 0.15) is 56.2 Å². The van der Waals surface area contributed by atoms with Crippen molar-refractivity contribution in [2.24, 2.45) is 5.73 Å². The van der Waals surface area contributed by atoms with Crippen LogP contribution < -0.4 is 5.73 Å². The van der Waals surface area contributed by atoms with Crippen molar-refractivity contribution in [2.75, 3.05) is 6.54 Å². The van der Waals surface area contributed by atoms with E-state index in [1.165, 1.54) is 17.5 Å². The van der Waals surface area contributed by atoms with Crippen molar-refractivity contribution in [3.05, 3.63) is 35.4 Å². The Labute approximate surface area is 134 Å². The zero-order valence-corrected chi connectivity index (χ0v) is 13.9. The largest absolute Gasteiger partial charge is 0.334 e. The summed E-state index contributed by atoms with van der Waals surface area (Å²) in [4.78, 5) is 14.5. The number of nitrogens with two attached hydrogens (primary N) is 1. The molecule has 0 bridgehead atoms. The van der Waals surface area contributed by atoms with E-state index in [4.69, 9.17) is 5.73 Å². The minimum absolute atomic E-state index is 0. The number of amides is 1. The Hall–Kier alpha value is -1.06. The highest BCUT2D eigenvalue weighted by molar-refractivity contribution is 5.85. The number of benzene rings is 1. The maximum Gasteiger partial charge on any atom is 0.239 e. The van der Waals surface area contributed by atoms with Gasteiger partial charge in [0.1, 0.15) is 0 Å². The first-order valence-electron chi connectivity index (χ1n) is 7.76. The van der Waals surface area contributed by atoms with E-state index in [2.05, 4.69) is 38.1 Å². The van der Waals surface area contributed by atoms with E-state index in [0.29, 0.717) is 0 Å². The van der Waals surface area contributed by atoms with Crippen molar-refractivity contribution in [3.63, 3.8) is 0 Å². The molecule has 1 fully saturated rings. The van der Waals surface area contributed by atoms with Gasteiger partial charge in [0.15, 0.2) is 0 Å². The Kier molecular flexibility index (Phi) is 7.20. The normalized spacial score (nSPS) is 19.8. The number of rotatable bonds is 4. The molecule has 2 N–H and O–H groups in total. The topological polar surface area (TPSA) is 46.3 Å². The van der Waals surface area contributed by atoms with Crippen molar-refractivity contribution in [1.82, 2.24) is 4.90 Å². The molecule has 2 rings (SSSR count). The van der Waals surface area contributed by atoms with Gasteiger partial charge in [0, 0.05) is 6.54 Å². The van der Waals surface area contributed by atoms with Crippen LogP contribution in [0.5, 0.6) is 0 Å². The molecule has 0 radical (unpaired) electrons. The minimum Gasteiger partial charge on any atom is -0.334 e. The highest BCUT2D eigenvalue weighted by Gasteiger charge is 2.30. The molecule has 21 heavy (non-hydrogen) atoms. The van der Waals surface area contributed by atoms with Crippen molar-refractivity contribution in [3.8, 4) is 0 Å². The number of piperidine rings is 1. The van der Waals surface area contributed by atoms with E-state index in [0.717, 1.165) is 32.2 Å². The van der Waals surface area contributed by atoms with Crippen molar-refractivity contribution >= 4 is 18.3 Å². The second-order valence-corrected chi connectivity index (χ2v) is 5.85. The molecule has 1 heterocycles. The van der Waals surface area contributed by atoms with E-state index in [1.807, 2.05) is 4.90 Å². The van der Waals surface area contributed by atoms with E-state index in [-0.39, 0.29) is 30.4 Å². The molecule has 2 atom stereocenters. The second kappa shape index (κ2) is 8.40. The van der Waals surface area contributed by atoms with Crippen LogP contribution in [0.4, 0.5) is 0 Å². The molecule has 1 aromatic carbocycles. The van der Waals surface area contributed by atoms with Crippen LogP contribution >= 0.6 is 12.4 Å². The zero-order chi connectivity index (χ0) is 14.5. The van der Waals surface area contributed by atoms with E-state index >= 15 is 0 Å². The second-order valence-electron chi connectivity index (χ2n) is 5.85. The lowest BCUT2D eigenvalue weighted by molar-refractivity contribution is -0.136. The Bertz CT molecular complexity index is 447. The summed E-state index contributed by atoms with van der Waals surface area (Å²) in [5, 5.41) is 0. The Balaban J connectivity index is 0.00000220. The first-order valence-corrected chi connectivity index (χ1v) is 7.76. The minimum atomic E-state index is -0.342. The van der Waals surface area contributed by atoms with E-state index in [1.54, 1.807) is 0 Å². The average Bonchev–Trinajstić information content (AvgIpc) is 2.47. The SMILES string of the molecule is CCCC(N)C(=O)N1CCCCC1c1ccc(C)cc1.Cl. The fourth-order valence-corrected chi connectivity index (χ4v) is 2.98. The van der Waals surface area contributed by atoms with Gasteiger partial charge in [0.05, 0.1) is 12.1 Å². The van der Waals surface area contributed by atoms with Crippen LogP contribution in [0.2, 0.25) is 0 Å². The Morgan fingerprint density at radius 2 is 2.00 bits per heavy atom. The number of carbonyl (C=O) groups is 1. The molecule has 1 amide bonds. The molecule has 3 nitrogen and oxygen atoms in total. The number of hydrogen-bond acceptors (Lipinski definition) is 2. The number of nitrogens with zero attached hydrogens (tertiary/aromatic N) is 1. The summed E-state index contributed by atoms with van der Waals surface area (Å²) in [5.41, 5.74) is 8.53. The van der Waals surface area contributed by atoms with E-state index in [9.17, 15) is 4.79 Å². The predicted octanol–water partition coefficient (Wildman–Crippen LogP) is 3.60. The van der Waals surface area contributed by atoms with Crippen LogP contribution in [-0.4, -0.2) is 23.4 Å². The molecular weight excluding hydrogens is 284 g/mol. The molecule has 118 valence electrons. The average molecular weight is 311 g/mol. The van der Waals surface area contributed by atoms with Crippen molar-refractivity contribution in [2.45, 2.75) is 58.0 Å². The van der Waals surface area contributed by atoms with Crippen LogP contribution in [0, 0.1) is 6.92 Å². The maximum absolute atomic E-state index is 12.5. The molecule has 4 heteroatoms. The molecule has 0 aliphatic carbocycles. The lowest BCUT2D eigenvalue weighted by atomic mass is 9.93. The highest BCUT2D eigenvalue weighted by Crippen LogP contribution is 2.31. The predicted molar refractivity (Wildman–Crippen MR) is 89.6 cm³/mol. The molecular formula is C17H27ClN2O. The molecule has 0 aromatic heterocycles. The van der Waals surface area contributed by atoms with Gasteiger partial charge >= 0.3 is 0 Å². The number of hydrogen-bond donors (Lipinski definition) is 1. The standard InChI is InChI=1S/C17H26N2O.ClH/c1-3-6-15(18)17(20)19-12-5-4-7-16(19)14-10-8-13(2)9-11-14;/h8-11,15-16H,3-7,12,18H2,1-2H3;1H. The molecule has 1 aliphatic heterocycles. The van der Waals surface area contributed by atoms with Crippen molar-refractivity contribution < 1.29 is 4.79 Å². The number of likely N-dealkylation sites (tertiary alicyclic amines) is 1.